The molecule has 4 heteroatoms. The Morgan fingerprint density at radius 2 is 0.770 bits per heavy atom. The van der Waals surface area contributed by atoms with Crippen molar-refractivity contribution in [2.45, 2.75) is 12.3 Å². The van der Waals surface area contributed by atoms with Gasteiger partial charge in [0.15, 0.2) is 0 Å². The lowest BCUT2D eigenvalue weighted by Crippen LogP contribution is -2.47. The summed E-state index contributed by atoms with van der Waals surface area (Å²) in [7, 11) is 0. The number of benzene rings is 10. The second-order valence-corrected chi connectivity index (χ2v) is 16.0. The highest BCUT2D eigenvalue weighted by Crippen LogP contribution is 2.39. The van der Waals surface area contributed by atoms with E-state index in [-0.39, 0.29) is 12.3 Å². The van der Waals surface area contributed by atoms with Gasteiger partial charge < -0.3 is 5.32 Å². The van der Waals surface area contributed by atoms with Gasteiger partial charge in [0.1, 0.15) is 12.3 Å². The zero-order valence-corrected chi connectivity index (χ0v) is 33.3. The number of aliphatic imine (C=N–C) groups is 1. The molecule has 61 heavy (non-hydrogen) atoms. The Labute approximate surface area is 354 Å². The summed E-state index contributed by atoms with van der Waals surface area (Å²) >= 11 is 0. The van der Waals surface area contributed by atoms with Gasteiger partial charge in [-0.2, -0.15) is 0 Å². The van der Waals surface area contributed by atoms with Crippen molar-refractivity contribution in [1.29, 1.82) is 0 Å². The molecule has 1 aliphatic rings. The molecule has 4 nitrogen and oxygen atoms in total. The minimum atomic E-state index is -0.221. The van der Waals surface area contributed by atoms with Crippen molar-refractivity contribution in [3.8, 4) is 33.4 Å². The smallest absolute Gasteiger partial charge is 0.206 e. The molecule has 2 unspecified atom stereocenters. The average molecular weight is 781 g/mol. The largest absolute Gasteiger partial charge is 0.336 e. The molecular weight excluding hydrogens is 741 g/mol. The fourth-order valence-corrected chi connectivity index (χ4v) is 9.50. The first-order chi connectivity index (χ1) is 30.2. The SMILES string of the molecule is c1ccc(C2N=C(n3c4ccccc4c4cc(-c5cccc(-c6cccc(-c7ccc8c9ccccc9c9ccccc9c8c7)c6)c5)ccc43)NC(c3ccccc3)N2)cc1. The Morgan fingerprint density at radius 1 is 0.328 bits per heavy atom. The predicted octanol–water partition coefficient (Wildman–Crippen LogP) is 14.0. The topological polar surface area (TPSA) is 41.4 Å². The van der Waals surface area contributed by atoms with Gasteiger partial charge in [-0.05, 0) is 113 Å². The lowest BCUT2D eigenvalue weighted by Gasteiger charge is -2.32. The van der Waals surface area contributed by atoms with Crippen LogP contribution in [-0.2, 0) is 0 Å². The van der Waals surface area contributed by atoms with Crippen LogP contribution < -0.4 is 10.6 Å². The third-order valence-electron chi connectivity index (χ3n) is 12.5. The molecule has 11 aromatic rings. The standard InChI is InChI=1S/C57H40N4/c1-3-15-37(16-4-1)55-58-56(38-17-5-2-6-18-38)60-57(59-55)61-53-28-12-11-27-50(53)52-36-44(30-32-54(52)61)42-22-14-20-40(34-42)39-19-13-21-41(33-39)43-29-31-49-47-25-8-7-23-45(47)46-24-9-10-26-48(46)51(49)35-43/h1-36,55-56,58H,(H,59,60). The third-order valence-corrected chi connectivity index (χ3v) is 12.5. The van der Waals surface area contributed by atoms with Gasteiger partial charge in [-0.15, -0.1) is 0 Å². The summed E-state index contributed by atoms with van der Waals surface area (Å²) in [5.74, 6) is 0.815. The first kappa shape index (κ1) is 35.2. The normalized spacial score (nSPS) is 15.4. The zero-order chi connectivity index (χ0) is 40.3. The molecule has 0 aliphatic carbocycles. The fourth-order valence-electron chi connectivity index (χ4n) is 9.50. The molecule has 2 heterocycles. The van der Waals surface area contributed by atoms with E-state index in [4.69, 9.17) is 4.99 Å². The summed E-state index contributed by atoms with van der Waals surface area (Å²) in [5, 5.41) is 17.6. The molecule has 0 saturated carbocycles. The highest BCUT2D eigenvalue weighted by molar-refractivity contribution is 6.25. The number of hydrogen-bond acceptors (Lipinski definition) is 3. The van der Waals surface area contributed by atoms with Crippen molar-refractivity contribution in [2.75, 3.05) is 0 Å². The maximum absolute atomic E-state index is 5.32. The quantitative estimate of drug-likeness (QED) is 0.171. The molecule has 0 radical (unpaired) electrons. The lowest BCUT2D eigenvalue weighted by molar-refractivity contribution is 0.403. The maximum Gasteiger partial charge on any atom is 0.206 e. The number of nitrogens with zero attached hydrogens (tertiary/aromatic N) is 2. The zero-order valence-electron chi connectivity index (χ0n) is 33.3. The van der Waals surface area contributed by atoms with Gasteiger partial charge in [0.25, 0.3) is 0 Å². The molecular formula is C57H40N4. The Balaban J connectivity index is 0.926. The van der Waals surface area contributed by atoms with Crippen molar-refractivity contribution < 1.29 is 0 Å². The van der Waals surface area contributed by atoms with E-state index in [1.165, 1.54) is 76.5 Å². The molecule has 1 aromatic heterocycles. The molecule has 0 amide bonds. The molecule has 2 N–H and O–H groups in total. The molecule has 0 saturated heterocycles. The van der Waals surface area contributed by atoms with Crippen molar-refractivity contribution >= 4 is 60.1 Å². The summed E-state index contributed by atoms with van der Waals surface area (Å²) in [6, 6.07) is 79.0. The number of rotatable bonds is 5. The fraction of sp³-hybridized carbons (Fsp3) is 0.0351. The molecule has 0 spiro atoms. The van der Waals surface area contributed by atoms with Crippen molar-refractivity contribution in [3.05, 3.63) is 230 Å². The molecule has 2 atom stereocenters. The molecule has 288 valence electrons. The molecule has 0 bridgehead atoms. The van der Waals surface area contributed by atoms with E-state index < -0.39 is 0 Å². The van der Waals surface area contributed by atoms with Crippen molar-refractivity contribution in [2.24, 2.45) is 4.99 Å². The van der Waals surface area contributed by atoms with Gasteiger partial charge in [-0.3, -0.25) is 9.88 Å². The van der Waals surface area contributed by atoms with Crippen LogP contribution in [0.5, 0.6) is 0 Å². The van der Waals surface area contributed by atoms with Gasteiger partial charge >= 0.3 is 0 Å². The van der Waals surface area contributed by atoms with Crippen molar-refractivity contribution in [3.63, 3.8) is 0 Å². The van der Waals surface area contributed by atoms with Gasteiger partial charge in [-0.25, -0.2) is 4.99 Å². The van der Waals surface area contributed by atoms with Crippen LogP contribution in [0.4, 0.5) is 0 Å². The van der Waals surface area contributed by atoms with Gasteiger partial charge in [-0.1, -0.05) is 182 Å². The van der Waals surface area contributed by atoms with E-state index in [9.17, 15) is 0 Å². The van der Waals surface area contributed by atoms with E-state index in [1.807, 2.05) is 0 Å². The minimum absolute atomic E-state index is 0.128. The summed E-state index contributed by atoms with van der Waals surface area (Å²) in [6.07, 6.45) is -0.349. The third kappa shape index (κ3) is 6.07. The summed E-state index contributed by atoms with van der Waals surface area (Å²) < 4.78 is 2.29. The van der Waals surface area contributed by atoms with E-state index in [0.717, 1.165) is 28.1 Å². The van der Waals surface area contributed by atoms with Crippen molar-refractivity contribution in [1.82, 2.24) is 15.2 Å². The van der Waals surface area contributed by atoms with Crippen LogP contribution in [0.1, 0.15) is 23.5 Å². The Kier molecular flexibility index (Phi) is 8.36. The van der Waals surface area contributed by atoms with Crippen LogP contribution in [0, 0.1) is 0 Å². The van der Waals surface area contributed by atoms with Gasteiger partial charge in [0.05, 0.1) is 11.0 Å². The number of para-hydroxylation sites is 1. The molecule has 0 fully saturated rings. The van der Waals surface area contributed by atoms with Gasteiger partial charge in [0, 0.05) is 10.8 Å². The number of aromatic nitrogens is 1. The van der Waals surface area contributed by atoms with Crippen LogP contribution in [0.3, 0.4) is 0 Å². The van der Waals surface area contributed by atoms with Crippen LogP contribution >= 0.6 is 0 Å². The lowest BCUT2D eigenvalue weighted by atomic mass is 9.91. The maximum atomic E-state index is 5.32. The highest BCUT2D eigenvalue weighted by Gasteiger charge is 2.27. The minimum Gasteiger partial charge on any atom is -0.336 e. The van der Waals surface area contributed by atoms with E-state index in [1.54, 1.807) is 0 Å². The first-order valence-corrected chi connectivity index (χ1v) is 21.0. The average Bonchev–Trinajstić information content (AvgIpc) is 3.68. The predicted molar refractivity (Wildman–Crippen MR) is 256 cm³/mol. The second-order valence-electron chi connectivity index (χ2n) is 16.0. The second kappa shape index (κ2) is 14.5. The Hall–Kier alpha value is -7.79. The molecule has 1 aliphatic heterocycles. The van der Waals surface area contributed by atoms with Crippen LogP contribution in [0.15, 0.2) is 223 Å². The summed E-state index contributed by atoms with van der Waals surface area (Å²) in [6.45, 7) is 0. The first-order valence-electron chi connectivity index (χ1n) is 21.0. The monoisotopic (exact) mass is 780 g/mol. The van der Waals surface area contributed by atoms with Crippen LogP contribution in [0.25, 0.3) is 87.5 Å². The van der Waals surface area contributed by atoms with E-state index in [0.29, 0.717) is 0 Å². The number of nitrogens with one attached hydrogen (secondary N) is 2. The Morgan fingerprint density at radius 3 is 1.38 bits per heavy atom. The number of hydrogen-bond donors (Lipinski definition) is 2. The number of fused-ring (bicyclic) bond motifs is 9. The summed E-state index contributed by atoms with van der Waals surface area (Å²) in [5.41, 5.74) is 11.6. The van der Waals surface area contributed by atoms with Crippen LogP contribution in [0.2, 0.25) is 0 Å². The molecule has 12 rings (SSSR count). The highest BCUT2D eigenvalue weighted by atomic mass is 15.4. The van der Waals surface area contributed by atoms with Gasteiger partial charge in [0.2, 0.25) is 5.96 Å². The Bertz CT molecular complexity index is 3460. The van der Waals surface area contributed by atoms with E-state index >= 15 is 0 Å². The van der Waals surface area contributed by atoms with Crippen LogP contribution in [-0.4, -0.2) is 10.5 Å². The summed E-state index contributed by atoms with van der Waals surface area (Å²) in [4.78, 5) is 5.32. The van der Waals surface area contributed by atoms with E-state index in [2.05, 4.69) is 234 Å². The molecule has 10 aromatic carbocycles.